The molecule has 0 saturated carbocycles. The van der Waals surface area contributed by atoms with E-state index in [0.717, 1.165) is 43.5 Å². The van der Waals surface area contributed by atoms with Gasteiger partial charge in [0.05, 0.1) is 12.0 Å². The van der Waals surface area contributed by atoms with Crippen LogP contribution in [0.1, 0.15) is 31.7 Å². The van der Waals surface area contributed by atoms with E-state index in [1.807, 2.05) is 24.3 Å². The molecular formula is C16H21N3O. The van der Waals surface area contributed by atoms with Crippen LogP contribution in [0.15, 0.2) is 24.3 Å². The van der Waals surface area contributed by atoms with Crippen molar-refractivity contribution in [3.05, 3.63) is 29.8 Å². The summed E-state index contributed by atoms with van der Waals surface area (Å²) in [7, 11) is 0. The van der Waals surface area contributed by atoms with Gasteiger partial charge in [-0.3, -0.25) is 0 Å². The largest absolute Gasteiger partial charge is 0.323 e. The summed E-state index contributed by atoms with van der Waals surface area (Å²) in [6.07, 6.45) is 3.80. The number of amides is 2. The van der Waals surface area contributed by atoms with Gasteiger partial charge in [0.25, 0.3) is 0 Å². The number of urea groups is 1. The van der Waals surface area contributed by atoms with E-state index >= 15 is 0 Å². The first-order valence-corrected chi connectivity index (χ1v) is 7.28. The van der Waals surface area contributed by atoms with E-state index in [2.05, 4.69) is 18.3 Å². The molecule has 4 nitrogen and oxygen atoms in total. The van der Waals surface area contributed by atoms with Gasteiger partial charge in [0.15, 0.2) is 0 Å². The van der Waals surface area contributed by atoms with Gasteiger partial charge < -0.3 is 10.2 Å². The number of hydrogen-bond acceptors (Lipinski definition) is 2. The number of para-hydroxylation sites is 1. The number of likely N-dealkylation sites (tertiary alicyclic amines) is 1. The first kappa shape index (κ1) is 14.4. The monoisotopic (exact) mass is 271 g/mol. The Labute approximate surface area is 120 Å². The highest BCUT2D eigenvalue weighted by molar-refractivity contribution is 5.90. The van der Waals surface area contributed by atoms with E-state index in [-0.39, 0.29) is 11.9 Å². The number of nitriles is 1. The fraction of sp³-hybridized carbons (Fsp3) is 0.500. The number of hydrogen-bond donors (Lipinski definition) is 1. The summed E-state index contributed by atoms with van der Waals surface area (Å²) >= 11 is 0. The zero-order chi connectivity index (χ0) is 14.4. The third-order valence-electron chi connectivity index (χ3n) is 3.67. The molecule has 1 aliphatic rings. The zero-order valence-corrected chi connectivity index (χ0v) is 11.9. The third-order valence-corrected chi connectivity index (χ3v) is 3.67. The second-order valence-corrected chi connectivity index (χ2v) is 5.25. The fourth-order valence-corrected chi connectivity index (χ4v) is 2.59. The van der Waals surface area contributed by atoms with Crippen LogP contribution in [0.5, 0.6) is 0 Å². The first-order valence-electron chi connectivity index (χ1n) is 7.28. The summed E-state index contributed by atoms with van der Waals surface area (Å²) in [4.78, 5) is 14.0. The lowest BCUT2D eigenvalue weighted by molar-refractivity contribution is 0.189. The van der Waals surface area contributed by atoms with Crippen molar-refractivity contribution in [2.45, 2.75) is 32.6 Å². The Morgan fingerprint density at radius 3 is 3.05 bits per heavy atom. The predicted molar refractivity (Wildman–Crippen MR) is 79.4 cm³/mol. The van der Waals surface area contributed by atoms with Crippen molar-refractivity contribution >= 4 is 11.7 Å². The van der Waals surface area contributed by atoms with Crippen molar-refractivity contribution in [1.82, 2.24) is 4.90 Å². The number of piperidine rings is 1. The molecule has 2 amide bonds. The molecular weight excluding hydrogens is 250 g/mol. The lowest BCUT2D eigenvalue weighted by Crippen LogP contribution is -2.42. The lowest BCUT2D eigenvalue weighted by atomic mass is 10.0. The van der Waals surface area contributed by atoms with Crippen molar-refractivity contribution in [2.75, 3.05) is 18.4 Å². The van der Waals surface area contributed by atoms with Gasteiger partial charge >= 0.3 is 6.03 Å². The summed E-state index contributed by atoms with van der Waals surface area (Å²) in [5, 5.41) is 12.0. The SMILES string of the molecule is CCCc1ccccc1NC(=O)N1CCC[C@@H](C#N)C1. The van der Waals surface area contributed by atoms with Crippen LogP contribution in [0, 0.1) is 17.2 Å². The van der Waals surface area contributed by atoms with Gasteiger partial charge in [0, 0.05) is 18.8 Å². The van der Waals surface area contributed by atoms with Crippen molar-refractivity contribution in [3.8, 4) is 6.07 Å². The molecule has 106 valence electrons. The molecule has 1 atom stereocenters. The molecule has 0 radical (unpaired) electrons. The van der Waals surface area contributed by atoms with Gasteiger partial charge in [-0.15, -0.1) is 0 Å². The minimum absolute atomic E-state index is 0.0274. The maximum absolute atomic E-state index is 12.3. The molecule has 0 unspecified atom stereocenters. The molecule has 2 rings (SSSR count). The highest BCUT2D eigenvalue weighted by Gasteiger charge is 2.23. The molecule has 0 aromatic heterocycles. The maximum atomic E-state index is 12.3. The van der Waals surface area contributed by atoms with E-state index in [1.165, 1.54) is 0 Å². The smallest absolute Gasteiger partial charge is 0.321 e. The normalized spacial score (nSPS) is 18.4. The number of rotatable bonds is 3. The molecule has 1 fully saturated rings. The van der Waals surface area contributed by atoms with E-state index in [1.54, 1.807) is 4.90 Å². The lowest BCUT2D eigenvalue weighted by Gasteiger charge is -2.29. The molecule has 0 bridgehead atoms. The van der Waals surface area contributed by atoms with Crippen LogP contribution in [0.3, 0.4) is 0 Å². The summed E-state index contributed by atoms with van der Waals surface area (Å²) in [5.41, 5.74) is 2.05. The average Bonchev–Trinajstić information content (AvgIpc) is 2.49. The molecule has 0 aliphatic carbocycles. The average molecular weight is 271 g/mol. The molecule has 0 spiro atoms. The molecule has 1 saturated heterocycles. The predicted octanol–water partition coefficient (Wildman–Crippen LogP) is 3.41. The van der Waals surface area contributed by atoms with Crippen molar-refractivity contribution in [2.24, 2.45) is 5.92 Å². The Kier molecular flexibility index (Phi) is 5.00. The van der Waals surface area contributed by atoms with Crippen molar-refractivity contribution in [3.63, 3.8) is 0 Å². The first-order chi connectivity index (χ1) is 9.74. The number of carbonyl (C=O) groups excluding carboxylic acids is 1. The van der Waals surface area contributed by atoms with Gasteiger partial charge in [-0.25, -0.2) is 4.79 Å². The summed E-state index contributed by atoms with van der Waals surface area (Å²) in [6.45, 7) is 3.40. The van der Waals surface area contributed by atoms with E-state index in [0.29, 0.717) is 6.54 Å². The standard InChI is InChI=1S/C16H21N3O/c1-2-6-14-8-3-4-9-15(14)18-16(20)19-10-5-7-13(11-17)12-19/h3-4,8-9,13H,2,5-7,10,12H2,1H3,(H,18,20)/t13-/m0/s1. The minimum Gasteiger partial charge on any atom is -0.323 e. The number of nitrogens with zero attached hydrogens (tertiary/aromatic N) is 2. The zero-order valence-electron chi connectivity index (χ0n) is 11.9. The summed E-state index contributed by atoms with van der Waals surface area (Å²) in [5.74, 6) is -0.0274. The van der Waals surface area contributed by atoms with E-state index < -0.39 is 0 Å². The quantitative estimate of drug-likeness (QED) is 0.916. The van der Waals surface area contributed by atoms with Gasteiger partial charge in [-0.1, -0.05) is 31.5 Å². The van der Waals surface area contributed by atoms with Crippen LogP contribution >= 0.6 is 0 Å². The van der Waals surface area contributed by atoms with Crippen LogP contribution in [-0.4, -0.2) is 24.0 Å². The number of benzene rings is 1. The van der Waals surface area contributed by atoms with Gasteiger partial charge in [-0.05, 0) is 30.9 Å². The van der Waals surface area contributed by atoms with Crippen LogP contribution in [0.2, 0.25) is 0 Å². The Morgan fingerprint density at radius 2 is 2.30 bits per heavy atom. The topological polar surface area (TPSA) is 56.1 Å². The molecule has 1 heterocycles. The third kappa shape index (κ3) is 3.51. The van der Waals surface area contributed by atoms with Crippen LogP contribution in [-0.2, 0) is 6.42 Å². The Hall–Kier alpha value is -2.02. The Morgan fingerprint density at radius 1 is 1.50 bits per heavy atom. The van der Waals surface area contributed by atoms with Crippen LogP contribution in [0.4, 0.5) is 10.5 Å². The molecule has 1 N–H and O–H groups in total. The van der Waals surface area contributed by atoms with Crippen molar-refractivity contribution < 1.29 is 4.79 Å². The van der Waals surface area contributed by atoms with Gasteiger partial charge in [-0.2, -0.15) is 5.26 Å². The summed E-state index contributed by atoms with van der Waals surface area (Å²) < 4.78 is 0. The highest BCUT2D eigenvalue weighted by atomic mass is 16.2. The van der Waals surface area contributed by atoms with E-state index in [9.17, 15) is 4.79 Å². The van der Waals surface area contributed by atoms with Crippen molar-refractivity contribution in [1.29, 1.82) is 5.26 Å². The molecule has 20 heavy (non-hydrogen) atoms. The van der Waals surface area contributed by atoms with E-state index in [4.69, 9.17) is 5.26 Å². The maximum Gasteiger partial charge on any atom is 0.321 e. The second-order valence-electron chi connectivity index (χ2n) is 5.25. The minimum atomic E-state index is -0.0893. The Bertz CT molecular complexity index is 507. The Balaban J connectivity index is 2.02. The molecule has 1 aromatic carbocycles. The number of nitrogens with one attached hydrogen (secondary N) is 1. The number of anilines is 1. The molecule has 1 aromatic rings. The molecule has 4 heteroatoms. The molecule has 1 aliphatic heterocycles. The van der Waals surface area contributed by atoms with Gasteiger partial charge in [0.2, 0.25) is 0 Å². The van der Waals surface area contributed by atoms with Crippen LogP contribution in [0.25, 0.3) is 0 Å². The van der Waals surface area contributed by atoms with Gasteiger partial charge in [0.1, 0.15) is 0 Å². The number of aryl methyl sites for hydroxylation is 1. The second kappa shape index (κ2) is 6.95. The summed E-state index contributed by atoms with van der Waals surface area (Å²) in [6, 6.07) is 10.1. The number of carbonyl (C=O) groups is 1. The highest BCUT2D eigenvalue weighted by Crippen LogP contribution is 2.20. The fourth-order valence-electron chi connectivity index (χ4n) is 2.59. The van der Waals surface area contributed by atoms with Crippen LogP contribution < -0.4 is 5.32 Å².